The number of piperidine rings is 2. The summed E-state index contributed by atoms with van der Waals surface area (Å²) in [5.41, 5.74) is 4.81. The van der Waals surface area contributed by atoms with E-state index in [0.717, 1.165) is 63.0 Å². The summed E-state index contributed by atoms with van der Waals surface area (Å²) in [5.74, 6) is 2.57. The summed E-state index contributed by atoms with van der Waals surface area (Å²) in [4.78, 5) is 29.0. The lowest BCUT2D eigenvalue weighted by atomic mass is 10.1. The van der Waals surface area contributed by atoms with E-state index in [0.29, 0.717) is 30.2 Å². The predicted octanol–water partition coefficient (Wildman–Crippen LogP) is 4.79. The molecule has 5 rings (SSSR count). The monoisotopic (exact) mass is 516 g/mol. The fraction of sp³-hybridized carbons (Fsp3) is 0.407. The minimum absolute atomic E-state index is 0.0635. The zero-order valence-electron chi connectivity index (χ0n) is 21.3. The average Bonchev–Trinajstić information content (AvgIpc) is 2.98. The first-order chi connectivity index (χ1) is 18.6. The maximum Gasteiger partial charge on any atom is 0.269 e. The highest BCUT2D eigenvalue weighted by atomic mass is 16.6. The first-order valence-corrected chi connectivity index (χ1v) is 13.2. The minimum Gasteiger partial charge on any atom is -0.489 e. The van der Waals surface area contributed by atoms with Gasteiger partial charge in [-0.25, -0.2) is 5.43 Å². The minimum atomic E-state index is -0.415. The Morgan fingerprint density at radius 2 is 1.42 bits per heavy atom. The standard InChI is InChI=1S/C27H32N8O3/c36-35(37)23-11-7-22(8-12-23)20-38-24-13-9-21(10-14-24)19-28-32-25-29-26(33-15-3-1-4-16-33)31-27(30-25)34-17-5-2-6-18-34/h7-14,19H,1-6,15-18,20H2,(H,29,30,31,32)/b28-19+. The molecular formula is C27H32N8O3. The molecule has 0 saturated carbocycles. The summed E-state index contributed by atoms with van der Waals surface area (Å²) in [5, 5.41) is 15.2. The van der Waals surface area contributed by atoms with Crippen molar-refractivity contribution in [2.75, 3.05) is 41.4 Å². The van der Waals surface area contributed by atoms with Crippen LogP contribution in [0, 0.1) is 10.1 Å². The Kier molecular flexibility index (Phi) is 8.22. The molecule has 3 aromatic rings. The van der Waals surface area contributed by atoms with Crippen LogP contribution in [0.15, 0.2) is 53.6 Å². The number of nitro groups is 1. The number of nitrogens with zero attached hydrogens (tertiary/aromatic N) is 7. The van der Waals surface area contributed by atoms with E-state index in [9.17, 15) is 10.1 Å². The van der Waals surface area contributed by atoms with Gasteiger partial charge in [0.25, 0.3) is 5.69 Å². The molecule has 2 aromatic carbocycles. The Balaban J connectivity index is 1.21. The quantitative estimate of drug-likeness (QED) is 0.243. The Morgan fingerprint density at radius 3 is 1.97 bits per heavy atom. The van der Waals surface area contributed by atoms with Gasteiger partial charge in [0.2, 0.25) is 17.8 Å². The van der Waals surface area contributed by atoms with Crippen LogP contribution in [0.25, 0.3) is 0 Å². The second-order valence-electron chi connectivity index (χ2n) is 9.51. The molecule has 2 aliphatic rings. The Labute approximate surface area is 221 Å². The van der Waals surface area contributed by atoms with Crippen LogP contribution in [0.2, 0.25) is 0 Å². The van der Waals surface area contributed by atoms with Crippen molar-refractivity contribution in [1.29, 1.82) is 0 Å². The summed E-state index contributed by atoms with van der Waals surface area (Å²) >= 11 is 0. The SMILES string of the molecule is O=[N+]([O-])c1ccc(COc2ccc(/C=N/Nc3nc(N4CCCCC4)nc(N4CCCCC4)n3)cc2)cc1. The molecule has 1 aromatic heterocycles. The van der Waals surface area contributed by atoms with Crippen molar-refractivity contribution in [1.82, 2.24) is 15.0 Å². The first kappa shape index (κ1) is 25.4. The molecule has 0 unspecified atom stereocenters. The topological polar surface area (TPSA) is 122 Å². The van der Waals surface area contributed by atoms with Gasteiger partial charge < -0.3 is 14.5 Å². The van der Waals surface area contributed by atoms with E-state index in [1.807, 2.05) is 24.3 Å². The van der Waals surface area contributed by atoms with Gasteiger partial charge in [-0.1, -0.05) is 0 Å². The van der Waals surface area contributed by atoms with Crippen LogP contribution >= 0.6 is 0 Å². The van der Waals surface area contributed by atoms with E-state index in [-0.39, 0.29) is 5.69 Å². The van der Waals surface area contributed by atoms with Gasteiger partial charge in [0, 0.05) is 38.3 Å². The van der Waals surface area contributed by atoms with E-state index in [2.05, 4.69) is 30.3 Å². The second kappa shape index (κ2) is 12.3. The van der Waals surface area contributed by atoms with Gasteiger partial charge in [0.1, 0.15) is 12.4 Å². The van der Waals surface area contributed by atoms with Crippen LogP contribution < -0.4 is 20.0 Å². The van der Waals surface area contributed by atoms with Crippen LogP contribution in [0.4, 0.5) is 23.5 Å². The number of aromatic nitrogens is 3. The number of hydrogen-bond acceptors (Lipinski definition) is 10. The molecule has 2 saturated heterocycles. The van der Waals surface area contributed by atoms with E-state index in [4.69, 9.17) is 9.72 Å². The number of hydrazone groups is 1. The average molecular weight is 517 g/mol. The zero-order chi connectivity index (χ0) is 26.2. The third-order valence-electron chi connectivity index (χ3n) is 6.70. The fourth-order valence-corrected chi connectivity index (χ4v) is 4.57. The molecular weight excluding hydrogens is 484 g/mol. The van der Waals surface area contributed by atoms with Crippen LogP contribution in [0.5, 0.6) is 5.75 Å². The number of benzene rings is 2. The van der Waals surface area contributed by atoms with E-state index in [1.165, 1.54) is 25.0 Å². The highest BCUT2D eigenvalue weighted by Gasteiger charge is 2.20. The van der Waals surface area contributed by atoms with Gasteiger partial charge in [-0.2, -0.15) is 20.1 Å². The second-order valence-corrected chi connectivity index (χ2v) is 9.51. The lowest BCUT2D eigenvalue weighted by molar-refractivity contribution is -0.384. The predicted molar refractivity (Wildman–Crippen MR) is 147 cm³/mol. The molecule has 0 radical (unpaired) electrons. The molecule has 1 N–H and O–H groups in total. The third kappa shape index (κ3) is 6.72. The van der Waals surface area contributed by atoms with Gasteiger partial charge in [-0.05, 0) is 86.1 Å². The lowest BCUT2D eigenvalue weighted by Crippen LogP contribution is -2.34. The fourth-order valence-electron chi connectivity index (χ4n) is 4.57. The maximum atomic E-state index is 10.8. The van der Waals surface area contributed by atoms with Crippen molar-refractivity contribution in [2.45, 2.75) is 45.1 Å². The van der Waals surface area contributed by atoms with Gasteiger partial charge in [-0.3, -0.25) is 10.1 Å². The molecule has 2 aliphatic heterocycles. The summed E-state index contributed by atoms with van der Waals surface area (Å²) in [6, 6.07) is 13.9. The maximum absolute atomic E-state index is 10.8. The van der Waals surface area contributed by atoms with Gasteiger partial charge in [0.05, 0.1) is 11.1 Å². The molecule has 2 fully saturated rings. The number of hydrogen-bond donors (Lipinski definition) is 1. The molecule has 38 heavy (non-hydrogen) atoms. The molecule has 0 amide bonds. The van der Waals surface area contributed by atoms with Crippen molar-refractivity contribution in [3.05, 3.63) is 69.8 Å². The van der Waals surface area contributed by atoms with Crippen LogP contribution in [0.1, 0.15) is 49.7 Å². The van der Waals surface area contributed by atoms with Crippen molar-refractivity contribution in [3.63, 3.8) is 0 Å². The van der Waals surface area contributed by atoms with E-state index >= 15 is 0 Å². The molecule has 11 nitrogen and oxygen atoms in total. The highest BCUT2D eigenvalue weighted by Crippen LogP contribution is 2.23. The molecule has 0 spiro atoms. The molecule has 0 aliphatic carbocycles. The molecule has 11 heteroatoms. The van der Waals surface area contributed by atoms with Crippen molar-refractivity contribution < 1.29 is 9.66 Å². The lowest BCUT2D eigenvalue weighted by Gasteiger charge is -2.30. The summed E-state index contributed by atoms with van der Waals surface area (Å²) < 4.78 is 5.80. The van der Waals surface area contributed by atoms with Crippen LogP contribution in [0.3, 0.4) is 0 Å². The molecule has 0 atom stereocenters. The van der Waals surface area contributed by atoms with Gasteiger partial charge in [-0.15, -0.1) is 0 Å². The smallest absolute Gasteiger partial charge is 0.269 e. The Bertz CT molecular complexity index is 1200. The molecule has 198 valence electrons. The number of anilines is 3. The number of ether oxygens (including phenoxy) is 1. The molecule has 3 heterocycles. The number of nitro benzene ring substituents is 1. The number of non-ortho nitro benzene ring substituents is 1. The highest BCUT2D eigenvalue weighted by molar-refractivity contribution is 5.80. The van der Waals surface area contributed by atoms with E-state index < -0.39 is 4.92 Å². The van der Waals surface area contributed by atoms with Crippen molar-refractivity contribution >= 4 is 29.7 Å². The number of rotatable bonds is 9. The third-order valence-corrected chi connectivity index (χ3v) is 6.70. The van der Waals surface area contributed by atoms with E-state index in [1.54, 1.807) is 18.3 Å². The summed E-state index contributed by atoms with van der Waals surface area (Å²) in [6.07, 6.45) is 8.82. The zero-order valence-corrected chi connectivity index (χ0v) is 21.3. The van der Waals surface area contributed by atoms with Crippen LogP contribution in [-0.4, -0.2) is 52.3 Å². The number of nitrogens with one attached hydrogen (secondary N) is 1. The first-order valence-electron chi connectivity index (χ1n) is 13.2. The van der Waals surface area contributed by atoms with Gasteiger partial charge in [0.15, 0.2) is 0 Å². The van der Waals surface area contributed by atoms with Crippen LogP contribution in [-0.2, 0) is 6.61 Å². The summed E-state index contributed by atoms with van der Waals surface area (Å²) in [7, 11) is 0. The molecule has 0 bridgehead atoms. The van der Waals surface area contributed by atoms with Crippen molar-refractivity contribution in [2.24, 2.45) is 5.10 Å². The Hall–Kier alpha value is -4.28. The largest absolute Gasteiger partial charge is 0.489 e. The van der Waals surface area contributed by atoms with Gasteiger partial charge >= 0.3 is 0 Å². The van der Waals surface area contributed by atoms with Crippen molar-refractivity contribution in [3.8, 4) is 5.75 Å². The summed E-state index contributed by atoms with van der Waals surface area (Å²) in [6.45, 7) is 4.18. The Morgan fingerprint density at radius 1 is 0.842 bits per heavy atom. The normalized spacial score (nSPS) is 16.0.